The lowest BCUT2D eigenvalue weighted by atomic mass is 10.2. The van der Waals surface area contributed by atoms with E-state index in [9.17, 15) is 4.79 Å². The molecule has 0 fully saturated rings. The molecule has 0 saturated heterocycles. The van der Waals surface area contributed by atoms with E-state index in [2.05, 4.69) is 5.32 Å². The number of ether oxygens (including phenoxy) is 3. The van der Waals surface area contributed by atoms with Crippen molar-refractivity contribution in [3.63, 3.8) is 0 Å². The van der Waals surface area contributed by atoms with Gasteiger partial charge in [0.05, 0.1) is 19.8 Å². The standard InChI is InChI=1S/C15H23NO4/c1-10(2)16-11(3)9-20-15(17)12-6-7-13(18-4)14(8-12)19-5/h6-8,10-11,16H,9H2,1-5H3. The number of esters is 1. The summed E-state index contributed by atoms with van der Waals surface area (Å²) in [5.74, 6) is 0.720. The lowest BCUT2D eigenvalue weighted by Crippen LogP contribution is -2.36. The summed E-state index contributed by atoms with van der Waals surface area (Å²) < 4.78 is 15.6. The second-order valence-electron chi connectivity index (χ2n) is 4.89. The molecule has 0 aliphatic carbocycles. The Hall–Kier alpha value is -1.75. The van der Waals surface area contributed by atoms with Crippen molar-refractivity contribution in [3.8, 4) is 11.5 Å². The molecular weight excluding hydrogens is 258 g/mol. The van der Waals surface area contributed by atoms with E-state index in [0.717, 1.165) is 0 Å². The van der Waals surface area contributed by atoms with E-state index in [0.29, 0.717) is 29.7 Å². The van der Waals surface area contributed by atoms with Crippen LogP contribution in [0, 0.1) is 0 Å². The molecule has 0 radical (unpaired) electrons. The molecule has 0 amide bonds. The fourth-order valence-electron chi connectivity index (χ4n) is 1.86. The van der Waals surface area contributed by atoms with Crippen LogP contribution in [-0.4, -0.2) is 38.9 Å². The van der Waals surface area contributed by atoms with Gasteiger partial charge in [-0.2, -0.15) is 0 Å². The molecule has 0 aliphatic rings. The normalized spacial score (nSPS) is 12.1. The van der Waals surface area contributed by atoms with E-state index < -0.39 is 0 Å². The Bertz CT molecular complexity index is 445. The van der Waals surface area contributed by atoms with E-state index in [1.807, 2.05) is 20.8 Å². The van der Waals surface area contributed by atoms with Gasteiger partial charge in [-0.1, -0.05) is 13.8 Å². The Morgan fingerprint density at radius 3 is 2.35 bits per heavy atom. The molecule has 0 saturated carbocycles. The predicted molar refractivity (Wildman–Crippen MR) is 77.6 cm³/mol. The first-order valence-corrected chi connectivity index (χ1v) is 6.63. The monoisotopic (exact) mass is 281 g/mol. The van der Waals surface area contributed by atoms with Crippen LogP contribution in [0.25, 0.3) is 0 Å². The summed E-state index contributed by atoms with van der Waals surface area (Å²) >= 11 is 0. The molecule has 1 unspecified atom stereocenters. The van der Waals surface area contributed by atoms with Gasteiger partial charge < -0.3 is 19.5 Å². The van der Waals surface area contributed by atoms with Gasteiger partial charge in [-0.05, 0) is 25.1 Å². The Kier molecular flexibility index (Phi) is 6.31. The second kappa shape index (κ2) is 7.75. The summed E-state index contributed by atoms with van der Waals surface area (Å²) in [6, 6.07) is 5.42. The number of benzene rings is 1. The van der Waals surface area contributed by atoms with Gasteiger partial charge in [0.25, 0.3) is 0 Å². The van der Waals surface area contributed by atoms with Gasteiger partial charge in [-0.3, -0.25) is 0 Å². The Morgan fingerprint density at radius 2 is 1.80 bits per heavy atom. The lowest BCUT2D eigenvalue weighted by Gasteiger charge is -2.17. The third kappa shape index (κ3) is 4.74. The average Bonchev–Trinajstić information content (AvgIpc) is 2.43. The molecule has 112 valence electrons. The zero-order chi connectivity index (χ0) is 15.1. The average molecular weight is 281 g/mol. The maximum Gasteiger partial charge on any atom is 0.338 e. The lowest BCUT2D eigenvalue weighted by molar-refractivity contribution is 0.0468. The molecule has 0 spiro atoms. The van der Waals surface area contributed by atoms with Crippen molar-refractivity contribution in [2.24, 2.45) is 0 Å². The highest BCUT2D eigenvalue weighted by atomic mass is 16.5. The van der Waals surface area contributed by atoms with Gasteiger partial charge in [0, 0.05) is 12.1 Å². The number of hydrogen-bond donors (Lipinski definition) is 1. The number of nitrogens with one attached hydrogen (secondary N) is 1. The SMILES string of the molecule is COc1ccc(C(=O)OCC(C)NC(C)C)cc1OC. The number of carbonyl (C=O) groups excluding carboxylic acids is 1. The molecule has 0 aromatic heterocycles. The molecule has 1 atom stereocenters. The fourth-order valence-corrected chi connectivity index (χ4v) is 1.86. The second-order valence-corrected chi connectivity index (χ2v) is 4.89. The van der Waals surface area contributed by atoms with Crippen molar-refractivity contribution in [2.75, 3.05) is 20.8 Å². The van der Waals surface area contributed by atoms with Crippen molar-refractivity contribution in [1.29, 1.82) is 0 Å². The van der Waals surface area contributed by atoms with Crippen LogP contribution in [0.15, 0.2) is 18.2 Å². The molecule has 1 aromatic rings. The molecule has 1 aromatic carbocycles. The van der Waals surface area contributed by atoms with E-state index in [4.69, 9.17) is 14.2 Å². The van der Waals surface area contributed by atoms with Crippen molar-refractivity contribution < 1.29 is 19.0 Å². The van der Waals surface area contributed by atoms with Gasteiger partial charge in [-0.15, -0.1) is 0 Å². The van der Waals surface area contributed by atoms with Crippen molar-refractivity contribution in [3.05, 3.63) is 23.8 Å². The van der Waals surface area contributed by atoms with Crippen molar-refractivity contribution in [1.82, 2.24) is 5.32 Å². The number of hydrogen-bond acceptors (Lipinski definition) is 5. The minimum absolute atomic E-state index is 0.110. The summed E-state index contributed by atoms with van der Waals surface area (Å²) in [7, 11) is 3.08. The van der Waals surface area contributed by atoms with Gasteiger partial charge in [0.2, 0.25) is 0 Å². The quantitative estimate of drug-likeness (QED) is 0.777. The summed E-state index contributed by atoms with van der Waals surface area (Å²) in [5.41, 5.74) is 0.444. The highest BCUT2D eigenvalue weighted by molar-refractivity contribution is 5.90. The van der Waals surface area contributed by atoms with E-state index >= 15 is 0 Å². The van der Waals surface area contributed by atoms with Gasteiger partial charge in [0.1, 0.15) is 6.61 Å². The molecule has 20 heavy (non-hydrogen) atoms. The third-order valence-electron chi connectivity index (χ3n) is 2.70. The summed E-state index contributed by atoms with van der Waals surface area (Å²) in [6.45, 7) is 6.40. The van der Waals surface area contributed by atoms with Crippen LogP contribution in [0.5, 0.6) is 11.5 Å². The topological polar surface area (TPSA) is 56.8 Å². The first kappa shape index (κ1) is 16.3. The van der Waals surface area contributed by atoms with Crippen LogP contribution < -0.4 is 14.8 Å². The number of carbonyl (C=O) groups is 1. The van der Waals surface area contributed by atoms with Gasteiger partial charge in [0.15, 0.2) is 11.5 Å². The van der Waals surface area contributed by atoms with Crippen LogP contribution in [0.1, 0.15) is 31.1 Å². The molecule has 5 heteroatoms. The minimum atomic E-state index is -0.372. The van der Waals surface area contributed by atoms with Crippen LogP contribution >= 0.6 is 0 Å². The zero-order valence-corrected chi connectivity index (χ0v) is 12.7. The first-order valence-electron chi connectivity index (χ1n) is 6.63. The van der Waals surface area contributed by atoms with Crippen molar-refractivity contribution >= 4 is 5.97 Å². The predicted octanol–water partition coefficient (Wildman–Crippen LogP) is 2.25. The first-order chi connectivity index (χ1) is 9.47. The van der Waals surface area contributed by atoms with Crippen LogP contribution in [0.2, 0.25) is 0 Å². The maximum absolute atomic E-state index is 12.0. The third-order valence-corrected chi connectivity index (χ3v) is 2.70. The van der Waals surface area contributed by atoms with E-state index in [1.165, 1.54) is 7.11 Å². The Morgan fingerprint density at radius 1 is 1.15 bits per heavy atom. The maximum atomic E-state index is 12.0. The molecule has 5 nitrogen and oxygen atoms in total. The molecule has 0 bridgehead atoms. The largest absolute Gasteiger partial charge is 0.493 e. The Labute approximate surface area is 120 Å². The molecule has 0 aliphatic heterocycles. The molecule has 1 N–H and O–H groups in total. The highest BCUT2D eigenvalue weighted by Gasteiger charge is 2.13. The summed E-state index contributed by atoms with van der Waals surface area (Å²) in [4.78, 5) is 12.0. The van der Waals surface area contributed by atoms with E-state index in [-0.39, 0.29) is 12.0 Å². The molecule has 1 rings (SSSR count). The van der Waals surface area contributed by atoms with E-state index in [1.54, 1.807) is 25.3 Å². The summed E-state index contributed by atoms with van der Waals surface area (Å²) in [5, 5.41) is 3.27. The summed E-state index contributed by atoms with van der Waals surface area (Å²) in [6.07, 6.45) is 0. The van der Waals surface area contributed by atoms with Crippen LogP contribution in [0.3, 0.4) is 0 Å². The minimum Gasteiger partial charge on any atom is -0.493 e. The van der Waals surface area contributed by atoms with Gasteiger partial charge >= 0.3 is 5.97 Å². The number of rotatable bonds is 7. The smallest absolute Gasteiger partial charge is 0.338 e. The van der Waals surface area contributed by atoms with Gasteiger partial charge in [-0.25, -0.2) is 4.79 Å². The number of methoxy groups -OCH3 is 2. The fraction of sp³-hybridized carbons (Fsp3) is 0.533. The highest BCUT2D eigenvalue weighted by Crippen LogP contribution is 2.27. The molecule has 0 heterocycles. The van der Waals surface area contributed by atoms with Crippen LogP contribution in [-0.2, 0) is 4.74 Å². The van der Waals surface area contributed by atoms with Crippen LogP contribution in [0.4, 0.5) is 0 Å². The zero-order valence-electron chi connectivity index (χ0n) is 12.7. The van der Waals surface area contributed by atoms with Crippen molar-refractivity contribution in [2.45, 2.75) is 32.9 Å². The molecular formula is C15H23NO4. The Balaban J connectivity index is 2.64.